The van der Waals surface area contributed by atoms with Crippen molar-refractivity contribution in [3.8, 4) is 11.4 Å². The number of tetrazole rings is 1. The minimum absolute atomic E-state index is 0.149. The Morgan fingerprint density at radius 1 is 1.25 bits per heavy atom. The lowest BCUT2D eigenvalue weighted by Gasteiger charge is -2.20. The molecule has 0 spiro atoms. The van der Waals surface area contributed by atoms with Crippen molar-refractivity contribution in [3.63, 3.8) is 0 Å². The summed E-state index contributed by atoms with van der Waals surface area (Å²) in [6.45, 7) is 5.11. The van der Waals surface area contributed by atoms with Crippen LogP contribution in [0.15, 0.2) is 30.3 Å². The molecule has 0 aliphatic rings. The summed E-state index contributed by atoms with van der Waals surface area (Å²) >= 11 is 0. The Morgan fingerprint density at radius 3 is 2.54 bits per heavy atom. The van der Waals surface area contributed by atoms with Gasteiger partial charge in [-0.15, -0.1) is 10.2 Å². The number of ether oxygens (including phenoxy) is 1. The van der Waals surface area contributed by atoms with E-state index in [1.54, 1.807) is 20.8 Å². The number of rotatable bonds is 6. The van der Waals surface area contributed by atoms with E-state index in [1.165, 1.54) is 4.80 Å². The third kappa shape index (κ3) is 5.24. The zero-order valence-electron chi connectivity index (χ0n) is 14.0. The normalized spacial score (nSPS) is 12.7. The molecule has 24 heavy (non-hydrogen) atoms. The number of ketones is 1. The lowest BCUT2D eigenvalue weighted by atomic mass is 10.1. The van der Waals surface area contributed by atoms with Crippen molar-refractivity contribution in [3.05, 3.63) is 30.3 Å². The molecule has 0 amide bonds. The standard InChI is InChI=1S/C16H21N5O3/c1-16(2,3)24-14(23)9-12(17)13(22)10-21-19-15(18-20-21)11-7-5-4-6-8-11/h4-8,12H,9-10,17H2,1-3H3. The van der Waals surface area contributed by atoms with Crippen molar-refractivity contribution in [2.24, 2.45) is 5.73 Å². The molecular formula is C16H21N5O3. The highest BCUT2D eigenvalue weighted by molar-refractivity contribution is 5.87. The topological polar surface area (TPSA) is 113 Å². The second-order valence-corrected chi connectivity index (χ2v) is 6.37. The Bertz CT molecular complexity index is 706. The van der Waals surface area contributed by atoms with Gasteiger partial charge in [0, 0.05) is 5.56 Å². The van der Waals surface area contributed by atoms with Crippen LogP contribution in [0, 0.1) is 0 Å². The Hall–Kier alpha value is -2.61. The Labute approximate surface area is 140 Å². The van der Waals surface area contributed by atoms with Gasteiger partial charge in [0.15, 0.2) is 5.78 Å². The maximum atomic E-state index is 12.1. The average molecular weight is 331 g/mol. The molecule has 1 heterocycles. The number of nitrogens with zero attached hydrogens (tertiary/aromatic N) is 4. The molecule has 2 rings (SSSR count). The fourth-order valence-corrected chi connectivity index (χ4v) is 1.95. The van der Waals surface area contributed by atoms with E-state index in [-0.39, 0.29) is 18.7 Å². The predicted molar refractivity (Wildman–Crippen MR) is 86.7 cm³/mol. The minimum atomic E-state index is -0.967. The van der Waals surface area contributed by atoms with Gasteiger partial charge in [0.25, 0.3) is 0 Å². The molecule has 0 radical (unpaired) electrons. The summed E-state index contributed by atoms with van der Waals surface area (Å²) in [5.74, 6) is -0.457. The maximum absolute atomic E-state index is 12.1. The van der Waals surface area contributed by atoms with Crippen molar-refractivity contribution in [2.45, 2.75) is 45.4 Å². The van der Waals surface area contributed by atoms with Gasteiger partial charge in [0.2, 0.25) is 5.82 Å². The number of aromatic nitrogens is 4. The number of Topliss-reactive ketones (excluding diaryl/α,β-unsaturated/α-hetero) is 1. The van der Waals surface area contributed by atoms with Gasteiger partial charge in [-0.3, -0.25) is 9.59 Å². The molecule has 8 heteroatoms. The van der Waals surface area contributed by atoms with Crippen LogP contribution in [-0.4, -0.2) is 43.6 Å². The van der Waals surface area contributed by atoms with Crippen molar-refractivity contribution in [1.82, 2.24) is 20.2 Å². The van der Waals surface area contributed by atoms with Gasteiger partial charge in [-0.1, -0.05) is 30.3 Å². The molecule has 0 saturated carbocycles. The molecule has 1 unspecified atom stereocenters. The molecule has 0 aliphatic carbocycles. The summed E-state index contributed by atoms with van der Waals surface area (Å²) in [5, 5.41) is 11.9. The van der Waals surface area contributed by atoms with Gasteiger partial charge in [0.05, 0.1) is 12.5 Å². The Balaban J connectivity index is 1.92. The van der Waals surface area contributed by atoms with Crippen LogP contribution >= 0.6 is 0 Å². The zero-order valence-corrected chi connectivity index (χ0v) is 14.0. The van der Waals surface area contributed by atoms with E-state index in [1.807, 2.05) is 30.3 Å². The van der Waals surface area contributed by atoms with E-state index in [0.717, 1.165) is 5.56 Å². The van der Waals surface area contributed by atoms with Crippen LogP contribution in [0.4, 0.5) is 0 Å². The molecular weight excluding hydrogens is 310 g/mol. The molecule has 0 saturated heterocycles. The first-order valence-electron chi connectivity index (χ1n) is 7.58. The fourth-order valence-electron chi connectivity index (χ4n) is 1.95. The quantitative estimate of drug-likeness (QED) is 0.785. The lowest BCUT2D eigenvalue weighted by molar-refractivity contribution is -0.156. The summed E-state index contributed by atoms with van der Waals surface area (Å²) in [4.78, 5) is 25.0. The largest absolute Gasteiger partial charge is 0.460 e. The van der Waals surface area contributed by atoms with Crippen LogP contribution in [0.25, 0.3) is 11.4 Å². The number of benzene rings is 1. The van der Waals surface area contributed by atoms with Crippen LogP contribution in [0.3, 0.4) is 0 Å². The van der Waals surface area contributed by atoms with Crippen molar-refractivity contribution >= 4 is 11.8 Å². The third-order valence-corrected chi connectivity index (χ3v) is 3.00. The summed E-state index contributed by atoms with van der Waals surface area (Å²) in [7, 11) is 0. The third-order valence-electron chi connectivity index (χ3n) is 3.00. The Kier molecular flexibility index (Phi) is 5.40. The van der Waals surface area contributed by atoms with Gasteiger partial charge in [-0.25, -0.2) is 0 Å². The van der Waals surface area contributed by atoms with Gasteiger partial charge < -0.3 is 10.5 Å². The van der Waals surface area contributed by atoms with Crippen LogP contribution in [0.2, 0.25) is 0 Å². The van der Waals surface area contributed by atoms with Gasteiger partial charge in [-0.05, 0) is 26.0 Å². The first-order chi connectivity index (χ1) is 11.2. The molecule has 0 bridgehead atoms. The number of nitrogens with two attached hydrogens (primary N) is 1. The van der Waals surface area contributed by atoms with Crippen molar-refractivity contribution < 1.29 is 14.3 Å². The highest BCUT2D eigenvalue weighted by Gasteiger charge is 2.23. The highest BCUT2D eigenvalue weighted by Crippen LogP contribution is 2.12. The molecule has 1 atom stereocenters. The minimum Gasteiger partial charge on any atom is -0.460 e. The number of hydrogen-bond acceptors (Lipinski definition) is 7. The molecule has 1 aromatic heterocycles. The van der Waals surface area contributed by atoms with Crippen molar-refractivity contribution in [2.75, 3.05) is 0 Å². The molecule has 1 aromatic carbocycles. The number of carbonyl (C=O) groups is 2. The van der Waals surface area contributed by atoms with E-state index in [2.05, 4.69) is 15.4 Å². The molecule has 2 aromatic rings. The first kappa shape index (κ1) is 17.7. The second kappa shape index (κ2) is 7.31. The predicted octanol–water partition coefficient (Wildman–Crippen LogP) is 0.968. The molecule has 0 fully saturated rings. The van der Waals surface area contributed by atoms with Crippen LogP contribution in [0.5, 0.6) is 0 Å². The number of carbonyl (C=O) groups excluding carboxylic acids is 2. The first-order valence-corrected chi connectivity index (χ1v) is 7.58. The lowest BCUT2D eigenvalue weighted by Crippen LogP contribution is -2.37. The van der Waals surface area contributed by atoms with E-state index in [4.69, 9.17) is 10.5 Å². The molecule has 2 N–H and O–H groups in total. The van der Waals surface area contributed by atoms with Crippen LogP contribution in [0.1, 0.15) is 27.2 Å². The van der Waals surface area contributed by atoms with Gasteiger partial charge in [0.1, 0.15) is 12.1 Å². The van der Waals surface area contributed by atoms with Crippen LogP contribution < -0.4 is 5.73 Å². The molecule has 128 valence electrons. The molecule has 8 nitrogen and oxygen atoms in total. The van der Waals surface area contributed by atoms with Gasteiger partial charge in [-0.2, -0.15) is 4.80 Å². The molecule has 0 aliphatic heterocycles. The SMILES string of the molecule is CC(C)(C)OC(=O)CC(N)C(=O)Cn1nnc(-c2ccccc2)n1. The van der Waals surface area contributed by atoms with Gasteiger partial charge >= 0.3 is 5.97 Å². The van der Waals surface area contributed by atoms with Crippen LogP contribution in [-0.2, 0) is 20.9 Å². The number of hydrogen-bond donors (Lipinski definition) is 1. The van der Waals surface area contributed by atoms with E-state index >= 15 is 0 Å². The summed E-state index contributed by atoms with van der Waals surface area (Å²) in [5.41, 5.74) is 5.95. The zero-order chi connectivity index (χ0) is 17.7. The summed E-state index contributed by atoms with van der Waals surface area (Å²) in [6, 6.07) is 8.32. The fraction of sp³-hybridized carbons (Fsp3) is 0.438. The Morgan fingerprint density at radius 2 is 1.92 bits per heavy atom. The highest BCUT2D eigenvalue weighted by atomic mass is 16.6. The summed E-state index contributed by atoms with van der Waals surface area (Å²) < 4.78 is 5.15. The maximum Gasteiger partial charge on any atom is 0.308 e. The summed E-state index contributed by atoms with van der Waals surface area (Å²) in [6.07, 6.45) is -0.184. The second-order valence-electron chi connectivity index (χ2n) is 6.37. The van der Waals surface area contributed by atoms with E-state index < -0.39 is 17.6 Å². The van der Waals surface area contributed by atoms with E-state index in [0.29, 0.717) is 5.82 Å². The smallest absolute Gasteiger partial charge is 0.308 e. The van der Waals surface area contributed by atoms with Crippen molar-refractivity contribution in [1.29, 1.82) is 0 Å². The van der Waals surface area contributed by atoms with E-state index in [9.17, 15) is 9.59 Å². The monoisotopic (exact) mass is 331 g/mol. The average Bonchev–Trinajstić information content (AvgIpc) is 2.94. The number of esters is 1.